The number of amides is 1. The zero-order valence-corrected chi connectivity index (χ0v) is 13.9. The van der Waals surface area contributed by atoms with Gasteiger partial charge in [0.1, 0.15) is 5.75 Å². The number of hydrogen-bond acceptors (Lipinski definition) is 3. The van der Waals surface area contributed by atoms with Crippen molar-refractivity contribution in [3.8, 4) is 5.75 Å². The predicted molar refractivity (Wildman–Crippen MR) is 92.7 cm³/mol. The molecule has 0 radical (unpaired) electrons. The molecule has 3 nitrogen and oxygen atoms in total. The monoisotopic (exact) mass is 315 g/mol. The third kappa shape index (κ3) is 4.28. The van der Waals surface area contributed by atoms with Crippen LogP contribution in [0, 0.1) is 6.92 Å². The van der Waals surface area contributed by atoms with Crippen molar-refractivity contribution in [2.75, 3.05) is 11.6 Å². The Bertz CT molecular complexity index is 642. The highest BCUT2D eigenvalue weighted by Gasteiger charge is 2.19. The van der Waals surface area contributed by atoms with Gasteiger partial charge in [-0.05, 0) is 49.4 Å². The summed E-state index contributed by atoms with van der Waals surface area (Å²) in [6.45, 7) is 3.95. The van der Waals surface area contributed by atoms with E-state index in [1.165, 1.54) is 0 Å². The van der Waals surface area contributed by atoms with E-state index in [1.807, 2.05) is 68.6 Å². The number of carbonyl (C=O) groups excluding carboxylic acids is 1. The lowest BCUT2D eigenvalue weighted by molar-refractivity contribution is -0.122. The number of nitrogens with one attached hydrogen (secondary N) is 1. The quantitative estimate of drug-likeness (QED) is 0.797. The second kappa shape index (κ2) is 7.90. The van der Waals surface area contributed by atoms with Crippen LogP contribution in [0.3, 0.4) is 0 Å². The topological polar surface area (TPSA) is 38.3 Å². The van der Waals surface area contributed by atoms with Crippen molar-refractivity contribution < 1.29 is 9.53 Å². The average Bonchev–Trinajstić information content (AvgIpc) is 2.53. The molecular weight excluding hydrogens is 294 g/mol. The fraction of sp³-hybridized carbons (Fsp3) is 0.278. The Labute approximate surface area is 136 Å². The van der Waals surface area contributed by atoms with Gasteiger partial charge in [-0.2, -0.15) is 0 Å². The largest absolute Gasteiger partial charge is 0.481 e. The summed E-state index contributed by atoms with van der Waals surface area (Å²) in [5.41, 5.74) is 1.94. The number of aryl methyl sites for hydroxylation is 1. The Kier molecular flexibility index (Phi) is 5.90. The minimum absolute atomic E-state index is 0.120. The first-order chi connectivity index (χ1) is 10.6. The molecule has 0 heterocycles. The lowest BCUT2D eigenvalue weighted by Crippen LogP contribution is -2.32. The van der Waals surface area contributed by atoms with Crippen LogP contribution in [0.4, 0.5) is 5.69 Å². The SMILES string of the molecule is CCC(Oc1cccc(C)c1)C(=O)Nc1ccccc1SC. The van der Waals surface area contributed by atoms with Gasteiger partial charge in [0.15, 0.2) is 6.10 Å². The molecule has 0 fully saturated rings. The van der Waals surface area contributed by atoms with Crippen LogP contribution in [-0.2, 0) is 4.79 Å². The molecule has 2 aromatic carbocycles. The Hall–Kier alpha value is -1.94. The summed E-state index contributed by atoms with van der Waals surface area (Å²) in [6.07, 6.45) is 2.10. The molecule has 0 aliphatic rings. The third-order valence-corrected chi connectivity index (χ3v) is 4.09. The van der Waals surface area contributed by atoms with Crippen molar-refractivity contribution >= 4 is 23.4 Å². The number of anilines is 1. The maximum absolute atomic E-state index is 12.5. The van der Waals surface area contributed by atoms with Gasteiger partial charge in [0.25, 0.3) is 5.91 Å². The number of hydrogen-bond donors (Lipinski definition) is 1. The predicted octanol–water partition coefficient (Wildman–Crippen LogP) is 4.51. The molecular formula is C18H21NO2S. The van der Waals surface area contributed by atoms with Crippen LogP contribution in [0.25, 0.3) is 0 Å². The summed E-state index contributed by atoms with van der Waals surface area (Å²) < 4.78 is 5.83. The van der Waals surface area contributed by atoms with Crippen LogP contribution >= 0.6 is 11.8 Å². The molecule has 0 saturated carbocycles. The number of rotatable bonds is 6. The van der Waals surface area contributed by atoms with E-state index in [-0.39, 0.29) is 5.91 Å². The molecule has 0 bridgehead atoms. The van der Waals surface area contributed by atoms with Crippen LogP contribution in [0.1, 0.15) is 18.9 Å². The van der Waals surface area contributed by atoms with Crippen LogP contribution in [0.5, 0.6) is 5.75 Å². The summed E-state index contributed by atoms with van der Waals surface area (Å²) in [7, 11) is 0. The maximum atomic E-state index is 12.5. The van der Waals surface area contributed by atoms with E-state index in [4.69, 9.17) is 4.74 Å². The molecule has 0 aliphatic heterocycles. The molecule has 0 spiro atoms. The van der Waals surface area contributed by atoms with Gasteiger partial charge in [-0.15, -0.1) is 11.8 Å². The minimum Gasteiger partial charge on any atom is -0.481 e. The summed E-state index contributed by atoms with van der Waals surface area (Å²) in [6, 6.07) is 15.5. The number of ether oxygens (including phenoxy) is 1. The minimum atomic E-state index is -0.503. The van der Waals surface area contributed by atoms with Gasteiger partial charge in [0.2, 0.25) is 0 Å². The fourth-order valence-corrected chi connectivity index (χ4v) is 2.69. The van der Waals surface area contributed by atoms with E-state index in [2.05, 4.69) is 5.32 Å². The van der Waals surface area contributed by atoms with Crippen molar-refractivity contribution in [2.24, 2.45) is 0 Å². The maximum Gasteiger partial charge on any atom is 0.265 e. The Balaban J connectivity index is 2.09. The van der Waals surface area contributed by atoms with Gasteiger partial charge in [0.05, 0.1) is 5.69 Å². The fourth-order valence-electron chi connectivity index (χ4n) is 2.14. The molecule has 1 atom stereocenters. The smallest absolute Gasteiger partial charge is 0.265 e. The summed E-state index contributed by atoms with van der Waals surface area (Å²) in [4.78, 5) is 13.5. The molecule has 1 unspecified atom stereocenters. The first-order valence-electron chi connectivity index (χ1n) is 7.31. The second-order valence-electron chi connectivity index (χ2n) is 5.02. The lowest BCUT2D eigenvalue weighted by atomic mass is 10.2. The standard InChI is InChI=1S/C18H21NO2S/c1-4-16(21-14-9-7-8-13(2)12-14)18(20)19-15-10-5-6-11-17(15)22-3/h5-12,16H,4H2,1-3H3,(H,19,20). The molecule has 22 heavy (non-hydrogen) atoms. The van der Waals surface area contributed by atoms with Crippen LogP contribution in [0.15, 0.2) is 53.4 Å². The summed E-state index contributed by atoms with van der Waals surface area (Å²) >= 11 is 1.61. The van der Waals surface area contributed by atoms with E-state index in [0.717, 1.165) is 21.9 Å². The number of para-hydroxylation sites is 1. The molecule has 4 heteroatoms. The van der Waals surface area contributed by atoms with E-state index in [0.29, 0.717) is 6.42 Å². The normalized spacial score (nSPS) is 11.8. The zero-order valence-electron chi connectivity index (χ0n) is 13.1. The van der Waals surface area contributed by atoms with Crippen LogP contribution < -0.4 is 10.1 Å². The molecule has 2 rings (SSSR count). The highest BCUT2D eigenvalue weighted by molar-refractivity contribution is 7.98. The van der Waals surface area contributed by atoms with Gasteiger partial charge >= 0.3 is 0 Å². The number of thioether (sulfide) groups is 1. The molecule has 0 aliphatic carbocycles. The van der Waals surface area contributed by atoms with Crippen molar-refractivity contribution in [3.05, 3.63) is 54.1 Å². The van der Waals surface area contributed by atoms with Crippen molar-refractivity contribution in [1.29, 1.82) is 0 Å². The van der Waals surface area contributed by atoms with Gasteiger partial charge in [-0.3, -0.25) is 4.79 Å². The van der Waals surface area contributed by atoms with Gasteiger partial charge < -0.3 is 10.1 Å². The van der Waals surface area contributed by atoms with E-state index in [1.54, 1.807) is 11.8 Å². The van der Waals surface area contributed by atoms with Gasteiger partial charge in [0, 0.05) is 4.90 Å². The van der Waals surface area contributed by atoms with E-state index >= 15 is 0 Å². The van der Waals surface area contributed by atoms with Gasteiger partial charge in [-0.1, -0.05) is 31.2 Å². The molecule has 1 amide bonds. The molecule has 116 valence electrons. The highest BCUT2D eigenvalue weighted by Crippen LogP contribution is 2.25. The Morgan fingerprint density at radius 1 is 1.23 bits per heavy atom. The number of carbonyl (C=O) groups is 1. The first kappa shape index (κ1) is 16.4. The first-order valence-corrected chi connectivity index (χ1v) is 8.53. The van der Waals surface area contributed by atoms with Crippen molar-refractivity contribution in [2.45, 2.75) is 31.3 Å². The summed E-state index contributed by atoms with van der Waals surface area (Å²) in [5.74, 6) is 0.602. The summed E-state index contributed by atoms with van der Waals surface area (Å²) in [5, 5.41) is 2.96. The highest BCUT2D eigenvalue weighted by atomic mass is 32.2. The average molecular weight is 315 g/mol. The zero-order chi connectivity index (χ0) is 15.9. The Morgan fingerprint density at radius 3 is 2.68 bits per heavy atom. The Morgan fingerprint density at radius 2 is 2.00 bits per heavy atom. The van der Waals surface area contributed by atoms with Crippen LogP contribution in [0.2, 0.25) is 0 Å². The molecule has 0 aromatic heterocycles. The lowest BCUT2D eigenvalue weighted by Gasteiger charge is -2.18. The van der Waals surface area contributed by atoms with Crippen molar-refractivity contribution in [1.82, 2.24) is 0 Å². The second-order valence-corrected chi connectivity index (χ2v) is 5.87. The molecule has 2 aromatic rings. The number of benzene rings is 2. The third-order valence-electron chi connectivity index (χ3n) is 3.30. The van der Waals surface area contributed by atoms with E-state index < -0.39 is 6.10 Å². The molecule has 0 saturated heterocycles. The van der Waals surface area contributed by atoms with E-state index in [9.17, 15) is 4.79 Å². The van der Waals surface area contributed by atoms with Gasteiger partial charge in [-0.25, -0.2) is 0 Å². The molecule has 1 N–H and O–H groups in total. The van der Waals surface area contributed by atoms with Crippen molar-refractivity contribution in [3.63, 3.8) is 0 Å². The van der Waals surface area contributed by atoms with Crippen LogP contribution in [-0.4, -0.2) is 18.3 Å².